The molecule has 2 rings (SSSR count). The van der Waals surface area contributed by atoms with E-state index in [0.29, 0.717) is 13.0 Å². The molecule has 21 heavy (non-hydrogen) atoms. The maximum Gasteiger partial charge on any atom is 0.261 e. The van der Waals surface area contributed by atoms with Crippen LogP contribution < -0.4 is 10.1 Å². The molecule has 0 aliphatic heterocycles. The van der Waals surface area contributed by atoms with E-state index < -0.39 is 6.10 Å². The molecule has 1 heterocycles. The van der Waals surface area contributed by atoms with Crippen LogP contribution >= 0.6 is 11.3 Å². The molecular weight excluding hydrogens is 284 g/mol. The number of ether oxygens (including phenoxy) is 1. The molecule has 1 atom stereocenters. The second-order valence-corrected chi connectivity index (χ2v) is 6.16. The number of para-hydroxylation sites is 1. The first-order chi connectivity index (χ1) is 10.1. The van der Waals surface area contributed by atoms with Crippen molar-refractivity contribution in [1.82, 2.24) is 10.3 Å². The summed E-state index contributed by atoms with van der Waals surface area (Å²) in [7, 11) is 0. The Bertz CT molecular complexity index is 610. The normalized spacial score (nSPS) is 12.0. The number of carbonyl (C=O) groups is 1. The van der Waals surface area contributed by atoms with Crippen molar-refractivity contribution in [1.29, 1.82) is 0 Å². The maximum absolute atomic E-state index is 12.2. The van der Waals surface area contributed by atoms with E-state index in [1.807, 2.05) is 45.0 Å². The predicted octanol–water partition coefficient (Wildman–Crippen LogP) is 3.23. The minimum absolute atomic E-state index is 0.0909. The van der Waals surface area contributed by atoms with Crippen LogP contribution in [0.4, 0.5) is 0 Å². The molecule has 5 heteroatoms. The highest BCUT2D eigenvalue weighted by Crippen LogP contribution is 2.19. The van der Waals surface area contributed by atoms with Crippen LogP contribution in [0, 0.1) is 13.8 Å². The largest absolute Gasteiger partial charge is 0.480 e. The summed E-state index contributed by atoms with van der Waals surface area (Å²) in [6.07, 6.45) is 1.95. The minimum atomic E-state index is -0.472. The van der Waals surface area contributed by atoms with Gasteiger partial charge in [0.15, 0.2) is 6.10 Å². The monoisotopic (exact) mass is 304 g/mol. The van der Waals surface area contributed by atoms with Crippen molar-refractivity contribution in [3.05, 3.63) is 45.9 Å². The van der Waals surface area contributed by atoms with E-state index in [4.69, 9.17) is 4.74 Å². The van der Waals surface area contributed by atoms with Crippen molar-refractivity contribution < 1.29 is 9.53 Å². The van der Waals surface area contributed by atoms with Crippen LogP contribution in [0.3, 0.4) is 0 Å². The highest BCUT2D eigenvalue weighted by Gasteiger charge is 2.18. The number of thiazole rings is 1. The summed E-state index contributed by atoms with van der Waals surface area (Å²) >= 11 is 1.59. The Morgan fingerprint density at radius 1 is 1.38 bits per heavy atom. The predicted molar refractivity (Wildman–Crippen MR) is 84.6 cm³/mol. The lowest BCUT2D eigenvalue weighted by molar-refractivity contribution is -0.128. The summed E-state index contributed by atoms with van der Waals surface area (Å²) in [6, 6.07) is 7.72. The summed E-state index contributed by atoms with van der Waals surface area (Å²) in [5.74, 6) is 0.667. The first kappa shape index (κ1) is 15.5. The number of nitrogens with zero attached hydrogens (tertiary/aromatic N) is 1. The molecule has 0 aliphatic carbocycles. The Hall–Kier alpha value is -1.88. The number of aromatic nitrogens is 1. The molecule has 0 fully saturated rings. The van der Waals surface area contributed by atoms with Gasteiger partial charge in [-0.2, -0.15) is 0 Å². The van der Waals surface area contributed by atoms with E-state index >= 15 is 0 Å². The van der Waals surface area contributed by atoms with Gasteiger partial charge in [-0.1, -0.05) is 25.1 Å². The fraction of sp³-hybridized carbons (Fsp3) is 0.375. The zero-order valence-corrected chi connectivity index (χ0v) is 13.4. The molecule has 0 aliphatic rings. The van der Waals surface area contributed by atoms with Crippen molar-refractivity contribution in [3.63, 3.8) is 0 Å². The first-order valence-electron chi connectivity index (χ1n) is 7.01. The van der Waals surface area contributed by atoms with Gasteiger partial charge in [0.2, 0.25) is 0 Å². The average Bonchev–Trinajstić information content (AvgIpc) is 2.89. The van der Waals surface area contributed by atoms with E-state index in [1.165, 1.54) is 0 Å². The molecule has 1 amide bonds. The summed E-state index contributed by atoms with van der Waals surface area (Å²) in [4.78, 5) is 17.4. The van der Waals surface area contributed by atoms with Gasteiger partial charge in [0.1, 0.15) is 5.75 Å². The third kappa shape index (κ3) is 4.29. The first-order valence-corrected chi connectivity index (χ1v) is 7.83. The molecular formula is C16H20N2O2S. The van der Waals surface area contributed by atoms with E-state index in [1.54, 1.807) is 17.5 Å². The number of carbonyl (C=O) groups excluding carboxylic acids is 1. The second-order valence-electron chi connectivity index (χ2n) is 4.84. The van der Waals surface area contributed by atoms with Crippen molar-refractivity contribution in [2.45, 2.75) is 39.8 Å². The van der Waals surface area contributed by atoms with E-state index in [-0.39, 0.29) is 5.91 Å². The molecule has 4 nitrogen and oxygen atoms in total. The van der Waals surface area contributed by atoms with Gasteiger partial charge in [-0.25, -0.2) is 4.98 Å². The van der Waals surface area contributed by atoms with Crippen LogP contribution in [0.15, 0.2) is 30.5 Å². The van der Waals surface area contributed by atoms with Gasteiger partial charge in [0.05, 0.1) is 11.6 Å². The summed E-state index contributed by atoms with van der Waals surface area (Å²) < 4.78 is 5.83. The topological polar surface area (TPSA) is 51.2 Å². The molecule has 1 aromatic heterocycles. The smallest absolute Gasteiger partial charge is 0.261 e. The Balaban J connectivity index is 1.94. The number of rotatable bonds is 6. The van der Waals surface area contributed by atoms with E-state index in [9.17, 15) is 4.79 Å². The molecule has 0 saturated carbocycles. The maximum atomic E-state index is 12.2. The van der Waals surface area contributed by atoms with Crippen LogP contribution in [0.1, 0.15) is 28.8 Å². The van der Waals surface area contributed by atoms with Gasteiger partial charge in [-0.05, 0) is 31.9 Å². The highest BCUT2D eigenvalue weighted by atomic mass is 32.1. The highest BCUT2D eigenvalue weighted by molar-refractivity contribution is 7.11. The SMILES string of the molecule is CC[C@@H](Oc1ccccc1C)C(=O)NCc1cnc(C)s1. The Morgan fingerprint density at radius 3 is 2.76 bits per heavy atom. The lowest BCUT2D eigenvalue weighted by atomic mass is 10.2. The van der Waals surface area contributed by atoms with Crippen molar-refractivity contribution in [2.24, 2.45) is 0 Å². The van der Waals surface area contributed by atoms with Gasteiger partial charge in [0, 0.05) is 11.1 Å². The third-order valence-corrected chi connectivity index (χ3v) is 4.04. The van der Waals surface area contributed by atoms with Gasteiger partial charge in [0.25, 0.3) is 5.91 Å². The lowest BCUT2D eigenvalue weighted by Gasteiger charge is -2.18. The molecule has 0 unspecified atom stereocenters. The Morgan fingerprint density at radius 2 is 2.14 bits per heavy atom. The zero-order valence-electron chi connectivity index (χ0n) is 12.6. The Kier molecular flexibility index (Phi) is 5.33. The molecule has 1 N–H and O–H groups in total. The minimum Gasteiger partial charge on any atom is -0.480 e. The number of hydrogen-bond acceptors (Lipinski definition) is 4. The van der Waals surface area contributed by atoms with Crippen molar-refractivity contribution in [2.75, 3.05) is 0 Å². The third-order valence-electron chi connectivity index (χ3n) is 3.13. The molecule has 0 spiro atoms. The number of nitrogens with one attached hydrogen (secondary N) is 1. The molecule has 1 aromatic carbocycles. The van der Waals surface area contributed by atoms with Crippen LogP contribution in [0.5, 0.6) is 5.75 Å². The fourth-order valence-corrected chi connectivity index (χ4v) is 2.67. The van der Waals surface area contributed by atoms with Crippen LogP contribution in [0.2, 0.25) is 0 Å². The van der Waals surface area contributed by atoms with Crippen LogP contribution in [0.25, 0.3) is 0 Å². The Labute approximate surface area is 129 Å². The van der Waals surface area contributed by atoms with Gasteiger partial charge in [-0.3, -0.25) is 4.79 Å². The number of aryl methyl sites for hydroxylation is 2. The summed E-state index contributed by atoms with van der Waals surface area (Å²) in [5, 5.41) is 3.91. The average molecular weight is 304 g/mol. The molecule has 0 radical (unpaired) electrons. The van der Waals surface area contributed by atoms with Crippen LogP contribution in [-0.2, 0) is 11.3 Å². The number of benzene rings is 1. The molecule has 0 bridgehead atoms. The van der Waals surface area contributed by atoms with E-state index in [0.717, 1.165) is 21.2 Å². The zero-order chi connectivity index (χ0) is 15.2. The van der Waals surface area contributed by atoms with E-state index in [2.05, 4.69) is 10.3 Å². The standard InChI is InChI=1S/C16H20N2O2S/c1-4-14(20-15-8-6-5-7-11(15)2)16(19)18-10-13-9-17-12(3)21-13/h5-9,14H,4,10H2,1-3H3,(H,18,19)/t14-/m1/s1. The van der Waals surface area contributed by atoms with Gasteiger partial charge >= 0.3 is 0 Å². The van der Waals surface area contributed by atoms with Crippen molar-refractivity contribution >= 4 is 17.2 Å². The number of amides is 1. The molecule has 112 valence electrons. The number of hydrogen-bond donors (Lipinski definition) is 1. The quantitative estimate of drug-likeness (QED) is 0.891. The summed E-state index contributed by atoms with van der Waals surface area (Å²) in [6.45, 7) is 6.36. The lowest BCUT2D eigenvalue weighted by Crippen LogP contribution is -2.37. The molecule has 2 aromatic rings. The molecule has 0 saturated heterocycles. The van der Waals surface area contributed by atoms with Crippen LogP contribution in [-0.4, -0.2) is 17.0 Å². The summed E-state index contributed by atoms with van der Waals surface area (Å²) in [5.41, 5.74) is 1.03. The fourth-order valence-electron chi connectivity index (χ4n) is 1.94. The van der Waals surface area contributed by atoms with Gasteiger partial charge in [-0.15, -0.1) is 11.3 Å². The van der Waals surface area contributed by atoms with Crippen molar-refractivity contribution in [3.8, 4) is 5.75 Å². The second kappa shape index (κ2) is 7.22. The van der Waals surface area contributed by atoms with Gasteiger partial charge < -0.3 is 10.1 Å².